The summed E-state index contributed by atoms with van der Waals surface area (Å²) >= 11 is 5.06. The second kappa shape index (κ2) is 6.85. The van der Waals surface area contributed by atoms with Crippen LogP contribution in [0.4, 0.5) is 0 Å². The van der Waals surface area contributed by atoms with Gasteiger partial charge in [0.05, 0.1) is 11.3 Å². The number of carbonyl (C=O) groups is 1. The number of hydrogen-bond donors (Lipinski definition) is 2. The van der Waals surface area contributed by atoms with E-state index in [-0.39, 0.29) is 11.7 Å². The van der Waals surface area contributed by atoms with Crippen LogP contribution >= 0.6 is 12.2 Å². The molecule has 0 aliphatic heterocycles. The molecule has 0 bridgehead atoms. The zero-order chi connectivity index (χ0) is 16.2. The molecule has 7 heteroatoms. The summed E-state index contributed by atoms with van der Waals surface area (Å²) in [7, 11) is -3.08. The van der Waals surface area contributed by atoms with Crippen LogP contribution in [-0.4, -0.2) is 25.6 Å². The summed E-state index contributed by atoms with van der Waals surface area (Å²) in [6, 6.07) is 10.5. The van der Waals surface area contributed by atoms with E-state index in [2.05, 4.69) is 10.3 Å². The molecule has 2 aromatic rings. The van der Waals surface area contributed by atoms with Gasteiger partial charge in [0.15, 0.2) is 9.84 Å². The van der Waals surface area contributed by atoms with Gasteiger partial charge in [-0.3, -0.25) is 4.79 Å². The quantitative estimate of drug-likeness (QED) is 0.821. The number of hydrogen-bond acceptors (Lipinski definition) is 4. The minimum absolute atomic E-state index is 0.0151. The van der Waals surface area contributed by atoms with Crippen LogP contribution < -0.4 is 5.32 Å². The third-order valence-electron chi connectivity index (χ3n) is 2.94. The van der Waals surface area contributed by atoms with E-state index >= 15 is 0 Å². The normalized spacial score (nSPS) is 11.1. The van der Waals surface area contributed by atoms with E-state index in [9.17, 15) is 13.2 Å². The maximum absolute atomic E-state index is 12.1. The first-order chi connectivity index (χ1) is 10.3. The molecule has 2 N–H and O–H groups in total. The van der Waals surface area contributed by atoms with Gasteiger partial charge in [-0.15, -0.1) is 0 Å². The van der Waals surface area contributed by atoms with Gasteiger partial charge in [-0.1, -0.05) is 36.5 Å². The van der Waals surface area contributed by atoms with Gasteiger partial charge >= 0.3 is 0 Å². The maximum atomic E-state index is 12.1. The fourth-order valence-electron chi connectivity index (χ4n) is 2.01. The van der Waals surface area contributed by atoms with E-state index in [1.165, 1.54) is 6.26 Å². The number of carbonyl (C=O) groups excluding carboxylic acids is 1. The Morgan fingerprint density at radius 1 is 1.23 bits per heavy atom. The summed E-state index contributed by atoms with van der Waals surface area (Å²) in [5.41, 5.74) is 1.94. The average molecular weight is 336 g/mol. The number of aromatic amines is 1. The summed E-state index contributed by atoms with van der Waals surface area (Å²) in [5.74, 6) is -0.283. The standard InChI is InChI=1S/C15H16N2O3S2/c1-22(19,20)10-12-5-2-4-11(8-12)9-17-14(18)13-6-3-7-16-15(13)21/h2-8H,9-10H2,1H3,(H,16,21)(H,17,18). The number of rotatable bonds is 5. The molecule has 2 rings (SSSR count). The van der Waals surface area contributed by atoms with E-state index in [1.807, 2.05) is 6.07 Å². The Bertz CT molecular complexity index is 842. The first-order valence-corrected chi connectivity index (χ1v) is 9.03. The second-order valence-corrected chi connectivity index (χ2v) is 7.53. The number of sulfone groups is 1. The van der Waals surface area contributed by atoms with Crippen molar-refractivity contribution in [1.29, 1.82) is 0 Å². The van der Waals surface area contributed by atoms with E-state index in [4.69, 9.17) is 12.2 Å². The summed E-state index contributed by atoms with van der Waals surface area (Å²) < 4.78 is 23.0. The van der Waals surface area contributed by atoms with E-state index in [1.54, 1.807) is 36.5 Å². The molecule has 0 aliphatic rings. The third-order valence-corrected chi connectivity index (χ3v) is 4.13. The molecule has 0 saturated heterocycles. The van der Waals surface area contributed by atoms with Crippen molar-refractivity contribution in [2.75, 3.05) is 6.26 Å². The molecule has 1 aromatic carbocycles. The van der Waals surface area contributed by atoms with Crippen molar-refractivity contribution in [2.24, 2.45) is 0 Å². The molecule has 1 aromatic heterocycles. The Hall–Kier alpha value is -1.99. The van der Waals surface area contributed by atoms with Crippen LogP contribution in [0, 0.1) is 4.64 Å². The molecule has 0 spiro atoms. The minimum Gasteiger partial charge on any atom is -0.352 e. The number of nitrogens with one attached hydrogen (secondary N) is 2. The van der Waals surface area contributed by atoms with Crippen LogP contribution in [0.1, 0.15) is 21.5 Å². The molecule has 22 heavy (non-hydrogen) atoms. The van der Waals surface area contributed by atoms with Crippen molar-refractivity contribution >= 4 is 28.0 Å². The maximum Gasteiger partial charge on any atom is 0.254 e. The van der Waals surface area contributed by atoms with Crippen LogP contribution in [0.2, 0.25) is 0 Å². The Morgan fingerprint density at radius 3 is 2.64 bits per heavy atom. The Kier molecular flexibility index (Phi) is 5.10. The summed E-state index contributed by atoms with van der Waals surface area (Å²) in [4.78, 5) is 14.9. The van der Waals surface area contributed by atoms with Crippen molar-refractivity contribution < 1.29 is 13.2 Å². The molecule has 0 saturated carbocycles. The highest BCUT2D eigenvalue weighted by atomic mass is 32.2. The van der Waals surface area contributed by atoms with Crippen molar-refractivity contribution in [2.45, 2.75) is 12.3 Å². The molecule has 0 fully saturated rings. The van der Waals surface area contributed by atoms with Crippen LogP contribution in [0.3, 0.4) is 0 Å². The predicted octanol–water partition coefficient (Wildman–Crippen LogP) is 2.22. The Labute approximate surface area is 134 Å². The molecular weight excluding hydrogens is 320 g/mol. The van der Waals surface area contributed by atoms with Crippen LogP contribution in [-0.2, 0) is 22.1 Å². The fraction of sp³-hybridized carbons (Fsp3) is 0.200. The highest BCUT2D eigenvalue weighted by Gasteiger charge is 2.08. The van der Waals surface area contributed by atoms with Gasteiger partial charge in [0.25, 0.3) is 5.91 Å². The zero-order valence-corrected chi connectivity index (χ0v) is 13.6. The predicted molar refractivity (Wildman–Crippen MR) is 87.8 cm³/mol. The Balaban J connectivity index is 2.06. The summed E-state index contributed by atoms with van der Waals surface area (Å²) in [5, 5.41) is 2.77. The van der Waals surface area contributed by atoms with Gasteiger partial charge in [-0.2, -0.15) is 0 Å². The number of amides is 1. The molecule has 0 radical (unpaired) electrons. The van der Waals surface area contributed by atoms with E-state index in [0.717, 1.165) is 5.56 Å². The Morgan fingerprint density at radius 2 is 1.95 bits per heavy atom. The highest BCUT2D eigenvalue weighted by Crippen LogP contribution is 2.09. The smallest absolute Gasteiger partial charge is 0.254 e. The van der Waals surface area contributed by atoms with Crippen molar-refractivity contribution in [3.63, 3.8) is 0 Å². The molecule has 5 nitrogen and oxygen atoms in total. The van der Waals surface area contributed by atoms with Crippen molar-refractivity contribution in [3.8, 4) is 0 Å². The number of aromatic nitrogens is 1. The van der Waals surface area contributed by atoms with Gasteiger partial charge < -0.3 is 10.3 Å². The van der Waals surface area contributed by atoms with Gasteiger partial charge in [-0.05, 0) is 23.3 Å². The van der Waals surface area contributed by atoms with Gasteiger partial charge in [-0.25, -0.2) is 8.42 Å². The molecule has 116 valence electrons. The van der Waals surface area contributed by atoms with Gasteiger partial charge in [0.2, 0.25) is 0 Å². The van der Waals surface area contributed by atoms with Crippen molar-refractivity contribution in [1.82, 2.24) is 10.3 Å². The molecular formula is C15H16N2O3S2. The highest BCUT2D eigenvalue weighted by molar-refractivity contribution is 7.89. The first-order valence-electron chi connectivity index (χ1n) is 6.56. The second-order valence-electron chi connectivity index (χ2n) is 4.99. The largest absolute Gasteiger partial charge is 0.352 e. The zero-order valence-electron chi connectivity index (χ0n) is 12.0. The van der Waals surface area contributed by atoms with Crippen LogP contribution in [0.5, 0.6) is 0 Å². The lowest BCUT2D eigenvalue weighted by Gasteiger charge is -2.07. The third kappa shape index (κ3) is 4.78. The van der Waals surface area contributed by atoms with Crippen LogP contribution in [0.15, 0.2) is 42.6 Å². The number of pyridine rings is 1. The lowest BCUT2D eigenvalue weighted by Crippen LogP contribution is -2.23. The van der Waals surface area contributed by atoms with Crippen LogP contribution in [0.25, 0.3) is 0 Å². The molecule has 1 heterocycles. The monoisotopic (exact) mass is 336 g/mol. The lowest BCUT2D eigenvalue weighted by molar-refractivity contribution is 0.0950. The first kappa shape index (κ1) is 16.4. The fourth-order valence-corrected chi connectivity index (χ4v) is 3.02. The molecule has 0 aliphatic carbocycles. The minimum atomic E-state index is -3.08. The lowest BCUT2D eigenvalue weighted by atomic mass is 10.1. The van der Waals surface area contributed by atoms with Crippen molar-refractivity contribution in [3.05, 3.63) is 63.9 Å². The van der Waals surface area contributed by atoms with Gasteiger partial charge in [0, 0.05) is 19.0 Å². The number of benzene rings is 1. The SMILES string of the molecule is CS(=O)(=O)Cc1cccc(CNC(=O)c2ccc[nH]c2=S)c1. The molecule has 0 unspecified atom stereocenters. The van der Waals surface area contributed by atoms with Gasteiger partial charge in [0.1, 0.15) is 4.64 Å². The summed E-state index contributed by atoms with van der Waals surface area (Å²) in [6.07, 6.45) is 2.85. The number of H-pyrrole nitrogens is 1. The molecule has 1 amide bonds. The van der Waals surface area contributed by atoms with E-state index in [0.29, 0.717) is 22.3 Å². The average Bonchev–Trinajstić information content (AvgIpc) is 2.44. The molecule has 0 atom stereocenters. The topological polar surface area (TPSA) is 79.0 Å². The van der Waals surface area contributed by atoms with E-state index < -0.39 is 9.84 Å². The summed E-state index contributed by atoms with van der Waals surface area (Å²) in [6.45, 7) is 0.306.